The SMILES string of the molecule is Cl.c1ncc(COCC2CCCN2)s1. The summed E-state index contributed by atoms with van der Waals surface area (Å²) >= 11 is 1.65. The Labute approximate surface area is 94.3 Å². The quantitative estimate of drug-likeness (QED) is 0.863. The van der Waals surface area contributed by atoms with Gasteiger partial charge in [0.2, 0.25) is 0 Å². The zero-order valence-electron chi connectivity index (χ0n) is 7.94. The van der Waals surface area contributed by atoms with Gasteiger partial charge in [0, 0.05) is 12.2 Å². The van der Waals surface area contributed by atoms with E-state index in [1.807, 2.05) is 11.7 Å². The summed E-state index contributed by atoms with van der Waals surface area (Å²) in [5.41, 5.74) is 1.84. The van der Waals surface area contributed by atoms with Gasteiger partial charge >= 0.3 is 0 Å². The van der Waals surface area contributed by atoms with Gasteiger partial charge in [-0.1, -0.05) is 0 Å². The van der Waals surface area contributed by atoms with Crippen molar-refractivity contribution >= 4 is 23.7 Å². The minimum atomic E-state index is 0. The lowest BCUT2D eigenvalue weighted by Crippen LogP contribution is -2.26. The molecule has 1 fully saturated rings. The zero-order chi connectivity index (χ0) is 8.93. The van der Waals surface area contributed by atoms with Crippen LogP contribution >= 0.6 is 23.7 Å². The van der Waals surface area contributed by atoms with Crippen LogP contribution in [0.15, 0.2) is 11.7 Å². The first-order valence-corrected chi connectivity index (χ1v) is 5.51. The average molecular weight is 235 g/mol. The highest BCUT2D eigenvalue weighted by molar-refractivity contribution is 7.09. The van der Waals surface area contributed by atoms with Crippen molar-refractivity contribution in [3.63, 3.8) is 0 Å². The van der Waals surface area contributed by atoms with Crippen LogP contribution in [-0.2, 0) is 11.3 Å². The van der Waals surface area contributed by atoms with Gasteiger partial charge in [-0.05, 0) is 19.4 Å². The maximum absolute atomic E-state index is 5.57. The minimum absolute atomic E-state index is 0. The van der Waals surface area contributed by atoms with Crippen LogP contribution < -0.4 is 5.32 Å². The summed E-state index contributed by atoms with van der Waals surface area (Å²) in [7, 11) is 0. The highest BCUT2D eigenvalue weighted by Gasteiger charge is 2.13. The van der Waals surface area contributed by atoms with E-state index in [0.29, 0.717) is 12.6 Å². The van der Waals surface area contributed by atoms with E-state index in [0.717, 1.165) is 13.2 Å². The van der Waals surface area contributed by atoms with E-state index >= 15 is 0 Å². The Bertz CT molecular complexity index is 237. The summed E-state index contributed by atoms with van der Waals surface area (Å²) < 4.78 is 5.57. The molecule has 2 rings (SSSR count). The summed E-state index contributed by atoms with van der Waals surface area (Å²) in [5, 5.41) is 3.40. The number of hydrogen-bond acceptors (Lipinski definition) is 4. The number of halogens is 1. The van der Waals surface area contributed by atoms with Crippen molar-refractivity contribution in [2.24, 2.45) is 0 Å². The zero-order valence-corrected chi connectivity index (χ0v) is 9.57. The molecule has 14 heavy (non-hydrogen) atoms. The molecule has 5 heteroatoms. The fraction of sp³-hybridized carbons (Fsp3) is 0.667. The van der Waals surface area contributed by atoms with Crippen LogP contribution in [0.5, 0.6) is 0 Å². The lowest BCUT2D eigenvalue weighted by molar-refractivity contribution is 0.105. The molecule has 1 aromatic rings. The predicted molar refractivity (Wildman–Crippen MR) is 60.0 cm³/mol. The maximum atomic E-state index is 5.57. The first kappa shape index (κ1) is 11.9. The molecule has 3 nitrogen and oxygen atoms in total. The Morgan fingerprint density at radius 2 is 2.57 bits per heavy atom. The fourth-order valence-corrected chi connectivity index (χ4v) is 2.04. The van der Waals surface area contributed by atoms with Crippen LogP contribution in [0.3, 0.4) is 0 Å². The third kappa shape index (κ3) is 3.53. The summed E-state index contributed by atoms with van der Waals surface area (Å²) in [6, 6.07) is 0.577. The lowest BCUT2D eigenvalue weighted by Gasteiger charge is -2.09. The Balaban J connectivity index is 0.000000980. The molecular formula is C9H15ClN2OS. The van der Waals surface area contributed by atoms with Crippen molar-refractivity contribution in [1.82, 2.24) is 10.3 Å². The predicted octanol–water partition coefficient (Wildman–Crippen LogP) is 1.83. The number of rotatable bonds is 4. The molecule has 1 atom stereocenters. The van der Waals surface area contributed by atoms with Gasteiger partial charge < -0.3 is 10.1 Å². The van der Waals surface area contributed by atoms with Gasteiger partial charge in [-0.2, -0.15) is 0 Å². The fourth-order valence-electron chi connectivity index (χ4n) is 1.51. The molecule has 2 heterocycles. The molecule has 0 radical (unpaired) electrons. The van der Waals surface area contributed by atoms with Crippen molar-refractivity contribution in [3.8, 4) is 0 Å². The van der Waals surface area contributed by atoms with Gasteiger partial charge in [-0.15, -0.1) is 23.7 Å². The van der Waals surface area contributed by atoms with Gasteiger partial charge in [-0.25, -0.2) is 0 Å². The molecule has 0 aliphatic carbocycles. The summed E-state index contributed by atoms with van der Waals surface area (Å²) in [4.78, 5) is 5.20. The number of nitrogens with zero attached hydrogens (tertiary/aromatic N) is 1. The van der Waals surface area contributed by atoms with Crippen molar-refractivity contribution < 1.29 is 4.74 Å². The molecule has 1 N–H and O–H groups in total. The standard InChI is InChI=1S/C9H14N2OS.ClH/c1-2-8(11-3-1)5-12-6-9-4-10-7-13-9;/h4,7-8,11H,1-3,5-6H2;1H. The van der Waals surface area contributed by atoms with Crippen LogP contribution in [0, 0.1) is 0 Å². The maximum Gasteiger partial charge on any atom is 0.0826 e. The lowest BCUT2D eigenvalue weighted by atomic mass is 10.2. The number of hydrogen-bond donors (Lipinski definition) is 1. The molecule has 0 spiro atoms. The van der Waals surface area contributed by atoms with Crippen LogP contribution in [0.25, 0.3) is 0 Å². The molecule has 1 unspecified atom stereocenters. The van der Waals surface area contributed by atoms with E-state index < -0.39 is 0 Å². The molecule has 1 saturated heterocycles. The third-order valence-corrected chi connectivity index (χ3v) is 2.96. The average Bonchev–Trinajstić information content (AvgIpc) is 2.75. The minimum Gasteiger partial charge on any atom is -0.374 e. The Kier molecular flexibility index (Phi) is 5.40. The van der Waals surface area contributed by atoms with Gasteiger partial charge in [0.1, 0.15) is 0 Å². The number of aromatic nitrogens is 1. The normalized spacial score (nSPS) is 20.7. The topological polar surface area (TPSA) is 34.1 Å². The summed E-state index contributed by atoms with van der Waals surface area (Å²) in [5.74, 6) is 0. The van der Waals surface area contributed by atoms with Crippen molar-refractivity contribution in [1.29, 1.82) is 0 Å². The van der Waals surface area contributed by atoms with E-state index in [1.54, 1.807) is 11.3 Å². The molecule has 0 bridgehead atoms. The Morgan fingerprint density at radius 3 is 3.21 bits per heavy atom. The molecule has 0 amide bonds. The first-order chi connectivity index (χ1) is 6.45. The molecule has 1 aliphatic rings. The number of ether oxygens (including phenoxy) is 1. The van der Waals surface area contributed by atoms with E-state index in [4.69, 9.17) is 4.74 Å². The molecule has 80 valence electrons. The van der Waals surface area contributed by atoms with Crippen LogP contribution in [0.1, 0.15) is 17.7 Å². The Hall–Kier alpha value is -0.160. The van der Waals surface area contributed by atoms with Crippen molar-refractivity contribution in [2.45, 2.75) is 25.5 Å². The second-order valence-corrected chi connectivity index (χ2v) is 4.25. The number of thiazole rings is 1. The summed E-state index contributed by atoms with van der Waals surface area (Å²) in [6.07, 6.45) is 4.41. The first-order valence-electron chi connectivity index (χ1n) is 4.63. The molecule has 1 aromatic heterocycles. The number of nitrogens with one attached hydrogen (secondary N) is 1. The van der Waals surface area contributed by atoms with Gasteiger partial charge in [0.05, 0.1) is 23.6 Å². The smallest absolute Gasteiger partial charge is 0.0826 e. The van der Waals surface area contributed by atoms with Crippen molar-refractivity contribution in [2.75, 3.05) is 13.2 Å². The van der Waals surface area contributed by atoms with E-state index in [1.165, 1.54) is 17.7 Å². The highest BCUT2D eigenvalue weighted by Crippen LogP contribution is 2.09. The van der Waals surface area contributed by atoms with E-state index in [9.17, 15) is 0 Å². The largest absolute Gasteiger partial charge is 0.374 e. The van der Waals surface area contributed by atoms with Gasteiger partial charge in [0.15, 0.2) is 0 Å². The van der Waals surface area contributed by atoms with Crippen LogP contribution in [0.2, 0.25) is 0 Å². The van der Waals surface area contributed by atoms with Gasteiger partial charge in [0.25, 0.3) is 0 Å². The van der Waals surface area contributed by atoms with Crippen LogP contribution in [-0.4, -0.2) is 24.2 Å². The summed E-state index contributed by atoms with van der Waals surface area (Å²) in [6.45, 7) is 2.69. The molecular weight excluding hydrogens is 220 g/mol. The van der Waals surface area contributed by atoms with Crippen LogP contribution in [0.4, 0.5) is 0 Å². The molecule has 1 aliphatic heterocycles. The van der Waals surface area contributed by atoms with E-state index in [2.05, 4.69) is 10.3 Å². The molecule has 0 aromatic carbocycles. The monoisotopic (exact) mass is 234 g/mol. The van der Waals surface area contributed by atoms with E-state index in [-0.39, 0.29) is 12.4 Å². The second kappa shape index (κ2) is 6.35. The second-order valence-electron chi connectivity index (χ2n) is 3.28. The van der Waals surface area contributed by atoms with Gasteiger partial charge in [-0.3, -0.25) is 4.98 Å². The highest BCUT2D eigenvalue weighted by atomic mass is 35.5. The third-order valence-electron chi connectivity index (χ3n) is 2.21. The van der Waals surface area contributed by atoms with Crippen molar-refractivity contribution in [3.05, 3.63) is 16.6 Å². The Morgan fingerprint density at radius 1 is 1.64 bits per heavy atom. The molecule has 0 saturated carbocycles.